The van der Waals surface area contributed by atoms with Gasteiger partial charge >= 0.3 is 0 Å². The second-order valence-electron chi connectivity index (χ2n) is 2.75. The zero-order valence-corrected chi connectivity index (χ0v) is 8.54. The molecule has 1 aromatic heterocycles. The van der Waals surface area contributed by atoms with E-state index in [9.17, 15) is 0 Å². The number of oxazole rings is 1. The van der Waals surface area contributed by atoms with Crippen LogP contribution in [-0.4, -0.2) is 4.98 Å². The van der Waals surface area contributed by atoms with Gasteiger partial charge in [0.2, 0.25) is 5.89 Å². The Bertz CT molecular complexity index is 422. The number of alkyl halides is 1. The van der Waals surface area contributed by atoms with E-state index in [0.29, 0.717) is 17.8 Å². The number of rotatable bonds is 2. The molecule has 0 radical (unpaired) electrons. The van der Waals surface area contributed by atoms with Crippen LogP contribution in [-0.2, 0) is 11.9 Å². The molecule has 1 heterocycles. The maximum absolute atomic E-state index is 5.51. The highest BCUT2D eigenvalue weighted by Gasteiger charge is 2.03. The Hall–Kier alpha value is -0.870. The molecule has 0 fully saturated rings. The van der Waals surface area contributed by atoms with E-state index in [0.717, 1.165) is 16.7 Å². The molecule has 0 bridgehead atoms. The molecule has 2 rings (SSSR count). The number of hydrogen-bond acceptors (Lipinski definition) is 3. The Balaban J connectivity index is 2.57. The number of nitrogens with two attached hydrogens (primary N) is 1. The Morgan fingerprint density at radius 3 is 3.00 bits per heavy atom. The van der Waals surface area contributed by atoms with Crippen molar-refractivity contribution < 1.29 is 4.42 Å². The van der Waals surface area contributed by atoms with Crippen LogP contribution in [0.2, 0.25) is 0 Å². The molecule has 13 heavy (non-hydrogen) atoms. The molecule has 0 aliphatic heterocycles. The topological polar surface area (TPSA) is 52.0 Å². The predicted octanol–water partition coefficient (Wildman–Crippen LogP) is 2.18. The lowest BCUT2D eigenvalue weighted by Gasteiger charge is -1.92. The summed E-state index contributed by atoms with van der Waals surface area (Å²) in [5.41, 5.74) is 8.27. The lowest BCUT2D eigenvalue weighted by atomic mass is 10.2. The fourth-order valence-corrected chi connectivity index (χ4v) is 1.44. The van der Waals surface area contributed by atoms with Gasteiger partial charge in [-0.2, -0.15) is 0 Å². The Morgan fingerprint density at radius 2 is 2.31 bits per heavy atom. The van der Waals surface area contributed by atoms with Gasteiger partial charge in [-0.15, -0.1) is 0 Å². The van der Waals surface area contributed by atoms with Crippen LogP contribution in [0.1, 0.15) is 11.5 Å². The minimum absolute atomic E-state index is 0.534. The van der Waals surface area contributed by atoms with Gasteiger partial charge in [0.25, 0.3) is 0 Å². The predicted molar refractivity (Wildman–Crippen MR) is 54.5 cm³/mol. The molecule has 0 atom stereocenters. The van der Waals surface area contributed by atoms with Crippen LogP contribution in [0.15, 0.2) is 22.6 Å². The average molecular weight is 241 g/mol. The summed E-state index contributed by atoms with van der Waals surface area (Å²) in [6, 6.07) is 5.80. The summed E-state index contributed by atoms with van der Waals surface area (Å²) in [6.07, 6.45) is 0. The van der Waals surface area contributed by atoms with Gasteiger partial charge in [0.1, 0.15) is 5.52 Å². The summed E-state index contributed by atoms with van der Waals surface area (Å²) in [5.74, 6) is 0.698. The van der Waals surface area contributed by atoms with Crippen molar-refractivity contribution in [1.82, 2.24) is 4.98 Å². The third-order valence-corrected chi connectivity index (χ3v) is 2.33. The summed E-state index contributed by atoms with van der Waals surface area (Å²) >= 11 is 3.29. The van der Waals surface area contributed by atoms with Crippen LogP contribution < -0.4 is 5.73 Å². The molecule has 4 heteroatoms. The van der Waals surface area contributed by atoms with E-state index in [1.54, 1.807) is 0 Å². The molecule has 3 nitrogen and oxygen atoms in total. The first kappa shape index (κ1) is 8.72. The smallest absolute Gasteiger partial charge is 0.206 e. The first-order valence-electron chi connectivity index (χ1n) is 3.98. The van der Waals surface area contributed by atoms with E-state index in [-0.39, 0.29) is 0 Å². The molecular weight excluding hydrogens is 232 g/mol. The third-order valence-electron chi connectivity index (χ3n) is 1.85. The van der Waals surface area contributed by atoms with Crippen LogP contribution >= 0.6 is 15.9 Å². The number of aromatic nitrogens is 1. The highest BCUT2D eigenvalue weighted by atomic mass is 79.9. The van der Waals surface area contributed by atoms with Gasteiger partial charge in [0.15, 0.2) is 5.58 Å². The lowest BCUT2D eigenvalue weighted by molar-refractivity contribution is 0.557. The van der Waals surface area contributed by atoms with Crippen molar-refractivity contribution in [3.63, 3.8) is 0 Å². The van der Waals surface area contributed by atoms with E-state index in [4.69, 9.17) is 10.2 Å². The van der Waals surface area contributed by atoms with Crippen molar-refractivity contribution in [3.05, 3.63) is 29.7 Å². The normalized spacial score (nSPS) is 10.9. The van der Waals surface area contributed by atoms with Gasteiger partial charge in [0, 0.05) is 6.54 Å². The molecule has 0 saturated carbocycles. The number of hydrogen-bond donors (Lipinski definition) is 1. The highest BCUT2D eigenvalue weighted by molar-refractivity contribution is 9.08. The molecule has 1 aromatic carbocycles. The van der Waals surface area contributed by atoms with E-state index in [2.05, 4.69) is 20.9 Å². The van der Waals surface area contributed by atoms with Crippen molar-refractivity contribution in [2.24, 2.45) is 5.73 Å². The number of fused-ring (bicyclic) bond motifs is 1. The second kappa shape index (κ2) is 3.47. The molecule has 0 saturated heterocycles. The van der Waals surface area contributed by atoms with Crippen molar-refractivity contribution in [1.29, 1.82) is 0 Å². The first-order chi connectivity index (χ1) is 6.33. The van der Waals surface area contributed by atoms with Crippen LogP contribution in [0.5, 0.6) is 0 Å². The van der Waals surface area contributed by atoms with Crippen LogP contribution in [0, 0.1) is 0 Å². The fourth-order valence-electron chi connectivity index (χ4n) is 1.20. The summed E-state index contributed by atoms with van der Waals surface area (Å²) in [4.78, 5) is 4.27. The Kier molecular flexibility index (Phi) is 2.33. The zero-order chi connectivity index (χ0) is 9.26. The molecule has 0 unspecified atom stereocenters. The fraction of sp³-hybridized carbons (Fsp3) is 0.222. The molecule has 2 N–H and O–H groups in total. The molecular formula is C9H9BrN2O. The van der Waals surface area contributed by atoms with E-state index in [1.807, 2.05) is 18.2 Å². The maximum Gasteiger partial charge on any atom is 0.206 e. The van der Waals surface area contributed by atoms with Gasteiger partial charge < -0.3 is 10.2 Å². The number of benzene rings is 1. The van der Waals surface area contributed by atoms with Crippen LogP contribution in [0.4, 0.5) is 0 Å². The van der Waals surface area contributed by atoms with Crippen molar-refractivity contribution in [2.75, 3.05) is 0 Å². The van der Waals surface area contributed by atoms with Gasteiger partial charge in [-0.05, 0) is 17.7 Å². The average Bonchev–Trinajstić information content (AvgIpc) is 2.58. The number of halogens is 1. The van der Waals surface area contributed by atoms with E-state index in [1.165, 1.54) is 0 Å². The van der Waals surface area contributed by atoms with Crippen molar-refractivity contribution >= 4 is 27.0 Å². The molecule has 0 aliphatic rings. The van der Waals surface area contributed by atoms with E-state index < -0.39 is 0 Å². The standard InChI is InChI=1S/C9H9BrN2O/c10-4-9-12-7-3-6(5-11)1-2-8(7)13-9/h1-3H,4-5,11H2. The summed E-state index contributed by atoms with van der Waals surface area (Å²) in [7, 11) is 0. The quantitative estimate of drug-likeness (QED) is 0.820. The maximum atomic E-state index is 5.51. The van der Waals surface area contributed by atoms with Gasteiger partial charge in [0.05, 0.1) is 5.33 Å². The molecule has 0 aliphatic carbocycles. The molecule has 0 spiro atoms. The molecule has 2 aromatic rings. The largest absolute Gasteiger partial charge is 0.440 e. The summed E-state index contributed by atoms with van der Waals surface area (Å²) in [6.45, 7) is 0.534. The van der Waals surface area contributed by atoms with E-state index >= 15 is 0 Å². The lowest BCUT2D eigenvalue weighted by Crippen LogP contribution is -1.94. The van der Waals surface area contributed by atoms with Gasteiger partial charge in [-0.25, -0.2) is 4.98 Å². The van der Waals surface area contributed by atoms with Gasteiger partial charge in [-0.3, -0.25) is 0 Å². The summed E-state index contributed by atoms with van der Waals surface area (Å²) in [5, 5.41) is 0.639. The minimum atomic E-state index is 0.534. The third kappa shape index (κ3) is 1.59. The minimum Gasteiger partial charge on any atom is -0.440 e. The Morgan fingerprint density at radius 1 is 1.46 bits per heavy atom. The second-order valence-corrected chi connectivity index (χ2v) is 3.31. The van der Waals surface area contributed by atoms with Crippen LogP contribution in [0.3, 0.4) is 0 Å². The number of nitrogens with zero attached hydrogens (tertiary/aromatic N) is 1. The van der Waals surface area contributed by atoms with Crippen LogP contribution in [0.25, 0.3) is 11.1 Å². The molecule has 0 amide bonds. The van der Waals surface area contributed by atoms with Crippen molar-refractivity contribution in [3.8, 4) is 0 Å². The molecule has 68 valence electrons. The monoisotopic (exact) mass is 240 g/mol. The SMILES string of the molecule is NCc1ccc2oc(CBr)nc2c1. The highest BCUT2D eigenvalue weighted by Crippen LogP contribution is 2.18. The Labute approximate surface area is 84.1 Å². The van der Waals surface area contributed by atoms with Gasteiger partial charge in [-0.1, -0.05) is 22.0 Å². The summed E-state index contributed by atoms with van der Waals surface area (Å²) < 4.78 is 5.42. The zero-order valence-electron chi connectivity index (χ0n) is 6.96. The first-order valence-corrected chi connectivity index (χ1v) is 5.10. The van der Waals surface area contributed by atoms with Crippen molar-refractivity contribution in [2.45, 2.75) is 11.9 Å².